The summed E-state index contributed by atoms with van der Waals surface area (Å²) < 4.78 is 52.1. The first kappa shape index (κ1) is 7.18. The van der Waals surface area contributed by atoms with E-state index in [1.165, 1.54) is 0 Å². The van der Waals surface area contributed by atoms with Crippen molar-refractivity contribution in [2.75, 3.05) is 0 Å². The SMILES string of the molecule is [O]=[Ce](=[O])(=[O])(=[O])(=[O])=[O]. The standard InChI is InChI=1S/Ce.6O. The number of hydrogen-bond donors (Lipinski definition) is 0. The zero-order valence-electron chi connectivity index (χ0n) is 2.95. The van der Waals surface area contributed by atoms with E-state index in [0.29, 0.717) is 0 Å². The summed E-state index contributed by atoms with van der Waals surface area (Å²) >= 11 is -9.90. The Balaban J connectivity index is 8.86. The molecule has 6 nitrogen and oxygen atoms in total. The third-order valence-corrected chi connectivity index (χ3v) is 0. The van der Waals surface area contributed by atoms with Crippen molar-refractivity contribution in [1.29, 1.82) is 0 Å². The van der Waals surface area contributed by atoms with Crippen LogP contribution in [0.5, 0.6) is 0 Å². The molecule has 40 valence electrons. The molecule has 0 atom stereocenters. The van der Waals surface area contributed by atoms with Gasteiger partial charge in [-0.25, -0.2) is 0 Å². The molecular formula is CeO6. The Hall–Kier alpha value is 0.177. The molecular weight excluding hydrogens is 236 g/mol. The van der Waals surface area contributed by atoms with Gasteiger partial charge in [-0.3, -0.25) is 0 Å². The van der Waals surface area contributed by atoms with E-state index < -0.39 is 29.9 Å². The molecule has 7 heavy (non-hydrogen) atoms. The van der Waals surface area contributed by atoms with E-state index in [2.05, 4.69) is 0 Å². The van der Waals surface area contributed by atoms with Crippen LogP contribution < -0.4 is 0 Å². The molecule has 0 saturated heterocycles. The zero-order chi connectivity index (χ0) is 6.41. The van der Waals surface area contributed by atoms with E-state index in [4.69, 9.17) is 5.63 Å². The molecule has 0 unspecified atom stereocenters. The van der Waals surface area contributed by atoms with Gasteiger partial charge in [-0.2, -0.15) is 0 Å². The Morgan fingerprint density at radius 2 is 0.571 bits per heavy atom. The maximum absolute atomic E-state index is 9.90. The number of rotatable bonds is 0. The van der Waals surface area contributed by atoms with Crippen LogP contribution in [0.3, 0.4) is 0 Å². The van der Waals surface area contributed by atoms with Crippen LogP contribution in [-0.2, 0) is 5.63 Å². The van der Waals surface area contributed by atoms with Crippen molar-refractivity contribution >= 4 is 0 Å². The van der Waals surface area contributed by atoms with Crippen molar-refractivity contribution in [2.24, 2.45) is 0 Å². The Morgan fingerprint density at radius 1 is 0.571 bits per heavy atom. The zero-order valence-corrected chi connectivity index (χ0v) is 6.09. The second-order valence-electron chi connectivity index (χ2n) is 1.25. The third-order valence-electron chi connectivity index (χ3n) is 0. The average Bonchev–Trinajstić information content (AvgIpc) is 0.592. The molecule has 0 heterocycles. The molecule has 0 fully saturated rings. The first-order valence-corrected chi connectivity index (χ1v) is 8.92. The van der Waals surface area contributed by atoms with Gasteiger partial charge in [-0.1, -0.05) is 0 Å². The van der Waals surface area contributed by atoms with Crippen molar-refractivity contribution in [3.05, 3.63) is 0 Å². The van der Waals surface area contributed by atoms with Crippen LogP contribution in [0.4, 0.5) is 0 Å². The van der Waals surface area contributed by atoms with Crippen molar-refractivity contribution < 1.29 is 35.5 Å². The van der Waals surface area contributed by atoms with Crippen LogP contribution in [0.15, 0.2) is 0 Å². The van der Waals surface area contributed by atoms with Crippen molar-refractivity contribution in [2.45, 2.75) is 0 Å². The van der Waals surface area contributed by atoms with Gasteiger partial charge < -0.3 is 0 Å². The topological polar surface area (TPSA) is 102 Å². The Labute approximate surface area is 35.1 Å². The van der Waals surface area contributed by atoms with Gasteiger partial charge in [0, 0.05) is 0 Å². The van der Waals surface area contributed by atoms with Crippen LogP contribution in [0.2, 0.25) is 0 Å². The van der Waals surface area contributed by atoms with Gasteiger partial charge in [0.05, 0.1) is 0 Å². The summed E-state index contributed by atoms with van der Waals surface area (Å²) in [5, 5.41) is 0. The van der Waals surface area contributed by atoms with Gasteiger partial charge in [0.1, 0.15) is 0 Å². The second kappa shape index (κ2) is 0.719. The summed E-state index contributed by atoms with van der Waals surface area (Å²) in [5.41, 5.74) is 0. The summed E-state index contributed by atoms with van der Waals surface area (Å²) in [5.74, 6) is 0. The molecule has 0 aromatic heterocycles. The van der Waals surface area contributed by atoms with E-state index in [1.807, 2.05) is 0 Å². The van der Waals surface area contributed by atoms with E-state index >= 15 is 0 Å². The molecule has 0 aliphatic heterocycles. The van der Waals surface area contributed by atoms with Crippen molar-refractivity contribution in [3.63, 3.8) is 0 Å². The number of hydrogen-bond acceptors (Lipinski definition) is 6. The van der Waals surface area contributed by atoms with E-state index in [-0.39, 0.29) is 0 Å². The van der Waals surface area contributed by atoms with E-state index in [9.17, 15) is 0 Å². The minimum absolute atomic E-state index is 8.69. The molecule has 0 rings (SSSR count). The van der Waals surface area contributed by atoms with Gasteiger partial charge in [-0.15, -0.1) is 0 Å². The first-order valence-electron chi connectivity index (χ1n) is 1.22. The fraction of sp³-hybridized carbons (Fsp3) is 0. The first-order chi connectivity index (χ1) is 2.45. The van der Waals surface area contributed by atoms with Gasteiger partial charge >= 0.3 is 35.5 Å². The van der Waals surface area contributed by atoms with E-state index in [1.54, 1.807) is 0 Å². The molecule has 0 aliphatic rings. The molecule has 0 bridgehead atoms. The summed E-state index contributed by atoms with van der Waals surface area (Å²) in [6.07, 6.45) is 0. The van der Waals surface area contributed by atoms with Crippen LogP contribution in [0.1, 0.15) is 0 Å². The quantitative estimate of drug-likeness (QED) is 0.550. The summed E-state index contributed by atoms with van der Waals surface area (Å²) in [6, 6.07) is 0. The summed E-state index contributed by atoms with van der Waals surface area (Å²) in [7, 11) is 0. The van der Waals surface area contributed by atoms with Gasteiger partial charge in [-0.05, 0) is 0 Å². The molecule has 0 aromatic carbocycles. The molecule has 0 aromatic rings. The van der Waals surface area contributed by atoms with Crippen LogP contribution in [-0.4, -0.2) is 0 Å². The summed E-state index contributed by atoms with van der Waals surface area (Å²) in [6.45, 7) is 0. The molecule has 0 radical (unpaired) electrons. The van der Waals surface area contributed by atoms with Crippen LogP contribution in [0.25, 0.3) is 0 Å². The molecule has 0 N–H and O–H groups in total. The normalized spacial score (nSPS) is 6.86. The van der Waals surface area contributed by atoms with Gasteiger partial charge in [0.15, 0.2) is 0 Å². The molecule has 0 aliphatic carbocycles. The molecule has 0 spiro atoms. The minimum atomic E-state index is -9.90. The van der Waals surface area contributed by atoms with Gasteiger partial charge in [0.25, 0.3) is 0 Å². The Kier molecular flexibility index (Phi) is 0.737. The van der Waals surface area contributed by atoms with E-state index in [0.717, 1.165) is 0 Å². The predicted molar refractivity (Wildman–Crippen MR) is 4.12 cm³/mol. The molecule has 0 amide bonds. The second-order valence-corrected chi connectivity index (χ2v) is 9.10. The average molecular weight is 236 g/mol. The Bertz CT molecular complexity index is 432. The van der Waals surface area contributed by atoms with Gasteiger partial charge in [0.2, 0.25) is 0 Å². The molecule has 7 heteroatoms. The van der Waals surface area contributed by atoms with Crippen molar-refractivity contribution in [3.8, 4) is 0 Å². The monoisotopic (exact) mass is 236 g/mol. The van der Waals surface area contributed by atoms with Crippen LogP contribution in [0, 0.1) is 29.9 Å². The van der Waals surface area contributed by atoms with Crippen LogP contribution >= 0.6 is 0 Å². The van der Waals surface area contributed by atoms with Crippen molar-refractivity contribution in [1.82, 2.24) is 0 Å². The molecule has 0 saturated carbocycles. The predicted octanol–water partition coefficient (Wildman–Crippen LogP) is -0.713. The Morgan fingerprint density at radius 3 is 0.571 bits per heavy atom. The fourth-order valence-corrected chi connectivity index (χ4v) is 0. The maximum atomic E-state index is 8.69. The third kappa shape index (κ3) is 3450. The fourth-order valence-electron chi connectivity index (χ4n) is 0. The summed E-state index contributed by atoms with van der Waals surface area (Å²) in [4.78, 5) is 0.